The molecule has 2 heterocycles. The highest BCUT2D eigenvalue weighted by Crippen LogP contribution is 2.21. The van der Waals surface area contributed by atoms with Gasteiger partial charge in [-0.15, -0.1) is 11.3 Å². The van der Waals surface area contributed by atoms with Crippen molar-refractivity contribution in [3.8, 4) is 0 Å². The van der Waals surface area contributed by atoms with Crippen LogP contribution in [0.15, 0.2) is 10.9 Å². The van der Waals surface area contributed by atoms with Gasteiger partial charge in [-0.2, -0.15) is 0 Å². The van der Waals surface area contributed by atoms with Crippen LogP contribution in [0.3, 0.4) is 0 Å². The Bertz CT molecular complexity index is 514. The molecule has 2 N–H and O–H groups in total. The molecule has 0 atom stereocenters. The molecule has 0 bridgehead atoms. The Morgan fingerprint density at radius 1 is 1.64 bits per heavy atom. The van der Waals surface area contributed by atoms with Gasteiger partial charge in [0.1, 0.15) is 4.83 Å². The first-order valence-electron chi connectivity index (χ1n) is 4.45. The molecule has 0 aliphatic heterocycles. The van der Waals surface area contributed by atoms with Crippen LogP contribution >= 0.6 is 11.3 Å². The summed E-state index contributed by atoms with van der Waals surface area (Å²) in [5.41, 5.74) is -0.0738. The Hall–Kier alpha value is -1.36. The zero-order chi connectivity index (χ0) is 10.1. The number of aromatic nitrogens is 2. The summed E-state index contributed by atoms with van der Waals surface area (Å²) >= 11 is 1.57. The van der Waals surface area contributed by atoms with Crippen molar-refractivity contribution in [1.29, 1.82) is 0 Å². The molecular formula is C9H11N3OS. The first kappa shape index (κ1) is 9.21. The summed E-state index contributed by atoms with van der Waals surface area (Å²) < 4.78 is 0. The van der Waals surface area contributed by atoms with Crippen molar-refractivity contribution < 1.29 is 0 Å². The molecule has 0 aliphatic rings. The smallest absolute Gasteiger partial charge is 0.261 e. The van der Waals surface area contributed by atoms with Gasteiger partial charge in [0.15, 0.2) is 0 Å². The zero-order valence-corrected chi connectivity index (χ0v) is 8.86. The molecule has 74 valence electrons. The number of nitrogens with zero attached hydrogens (tertiary/aromatic N) is 1. The molecule has 2 aromatic heterocycles. The summed E-state index contributed by atoms with van der Waals surface area (Å²) in [6, 6.07) is 1.91. The van der Waals surface area contributed by atoms with E-state index in [4.69, 9.17) is 0 Å². The highest BCUT2D eigenvalue weighted by Gasteiger charge is 2.06. The molecule has 2 rings (SSSR count). The highest BCUT2D eigenvalue weighted by molar-refractivity contribution is 7.18. The number of anilines is 1. The van der Waals surface area contributed by atoms with E-state index in [-0.39, 0.29) is 5.56 Å². The van der Waals surface area contributed by atoms with Crippen LogP contribution in [-0.4, -0.2) is 17.0 Å². The minimum absolute atomic E-state index is 0.0738. The molecule has 0 unspecified atom stereocenters. The van der Waals surface area contributed by atoms with E-state index < -0.39 is 0 Å². The Morgan fingerprint density at radius 2 is 2.43 bits per heavy atom. The number of hydrogen-bond donors (Lipinski definition) is 2. The van der Waals surface area contributed by atoms with E-state index in [1.807, 2.05) is 6.07 Å². The van der Waals surface area contributed by atoms with E-state index in [1.165, 1.54) is 4.88 Å². The Kier molecular flexibility index (Phi) is 2.25. The molecule has 5 heteroatoms. The largest absolute Gasteiger partial charge is 0.359 e. The SMILES string of the molecule is CCc1cc2c(=O)[nH]c(NC)nc2s1. The second-order valence-electron chi connectivity index (χ2n) is 2.95. The quantitative estimate of drug-likeness (QED) is 0.789. The molecule has 0 spiro atoms. The first-order chi connectivity index (χ1) is 6.74. The van der Waals surface area contributed by atoms with Gasteiger partial charge in [0.25, 0.3) is 5.56 Å². The van der Waals surface area contributed by atoms with Crippen LogP contribution in [0.5, 0.6) is 0 Å². The van der Waals surface area contributed by atoms with E-state index >= 15 is 0 Å². The van der Waals surface area contributed by atoms with Gasteiger partial charge in [0, 0.05) is 11.9 Å². The second kappa shape index (κ2) is 3.42. The van der Waals surface area contributed by atoms with Crippen molar-refractivity contribution in [2.45, 2.75) is 13.3 Å². The van der Waals surface area contributed by atoms with Crippen LogP contribution in [0, 0.1) is 0 Å². The number of H-pyrrole nitrogens is 1. The fraction of sp³-hybridized carbons (Fsp3) is 0.333. The summed E-state index contributed by atoms with van der Waals surface area (Å²) in [5.74, 6) is 0.520. The maximum atomic E-state index is 11.6. The average molecular weight is 209 g/mol. The molecule has 4 nitrogen and oxygen atoms in total. The number of hydrogen-bond acceptors (Lipinski definition) is 4. The first-order valence-corrected chi connectivity index (χ1v) is 5.26. The van der Waals surface area contributed by atoms with Crippen molar-refractivity contribution in [2.75, 3.05) is 12.4 Å². The summed E-state index contributed by atoms with van der Waals surface area (Å²) in [5, 5.41) is 3.51. The monoisotopic (exact) mass is 209 g/mol. The Balaban J connectivity index is 2.73. The number of rotatable bonds is 2. The van der Waals surface area contributed by atoms with Crippen LogP contribution in [0.2, 0.25) is 0 Å². The third-order valence-corrected chi connectivity index (χ3v) is 3.21. The van der Waals surface area contributed by atoms with Crippen LogP contribution in [-0.2, 0) is 6.42 Å². The van der Waals surface area contributed by atoms with E-state index in [9.17, 15) is 4.79 Å². The van der Waals surface area contributed by atoms with Crippen molar-refractivity contribution in [3.63, 3.8) is 0 Å². The molecule has 2 aromatic rings. The van der Waals surface area contributed by atoms with Gasteiger partial charge in [0.2, 0.25) is 5.95 Å². The molecule has 0 aliphatic carbocycles. The maximum Gasteiger partial charge on any atom is 0.261 e. The van der Waals surface area contributed by atoms with Crippen molar-refractivity contribution in [2.24, 2.45) is 0 Å². The predicted octanol–water partition coefficient (Wildman–Crippen LogP) is 1.59. The minimum atomic E-state index is -0.0738. The van der Waals surface area contributed by atoms with Crippen molar-refractivity contribution in [1.82, 2.24) is 9.97 Å². The predicted molar refractivity (Wildman–Crippen MR) is 59.2 cm³/mol. The highest BCUT2D eigenvalue weighted by atomic mass is 32.1. The van der Waals surface area contributed by atoms with Crippen molar-refractivity contribution in [3.05, 3.63) is 21.3 Å². The molecule has 0 amide bonds. The maximum absolute atomic E-state index is 11.6. The van der Waals surface area contributed by atoms with Crippen LogP contribution in [0.4, 0.5) is 5.95 Å². The fourth-order valence-electron chi connectivity index (χ4n) is 1.27. The van der Waals surface area contributed by atoms with Gasteiger partial charge >= 0.3 is 0 Å². The van der Waals surface area contributed by atoms with Gasteiger partial charge in [0.05, 0.1) is 5.39 Å². The molecule has 0 aromatic carbocycles. The van der Waals surface area contributed by atoms with E-state index in [2.05, 4.69) is 22.2 Å². The molecule has 14 heavy (non-hydrogen) atoms. The summed E-state index contributed by atoms with van der Waals surface area (Å²) in [4.78, 5) is 20.5. The topological polar surface area (TPSA) is 57.8 Å². The fourth-order valence-corrected chi connectivity index (χ4v) is 2.24. The van der Waals surface area contributed by atoms with E-state index in [1.54, 1.807) is 18.4 Å². The average Bonchev–Trinajstić information content (AvgIpc) is 2.61. The Labute approximate surface area is 85.0 Å². The summed E-state index contributed by atoms with van der Waals surface area (Å²) in [6.45, 7) is 2.07. The van der Waals surface area contributed by atoms with Crippen molar-refractivity contribution >= 4 is 27.5 Å². The van der Waals surface area contributed by atoms with Crippen LogP contribution < -0.4 is 10.9 Å². The second-order valence-corrected chi connectivity index (χ2v) is 4.06. The third kappa shape index (κ3) is 1.39. The van der Waals surface area contributed by atoms with Crippen LogP contribution in [0.1, 0.15) is 11.8 Å². The van der Waals surface area contributed by atoms with Gasteiger partial charge in [-0.25, -0.2) is 4.98 Å². The minimum Gasteiger partial charge on any atom is -0.359 e. The normalized spacial score (nSPS) is 10.7. The molecular weight excluding hydrogens is 198 g/mol. The lowest BCUT2D eigenvalue weighted by Crippen LogP contribution is -2.09. The number of aromatic amines is 1. The molecule has 0 radical (unpaired) electrons. The molecule has 0 saturated heterocycles. The number of nitrogens with one attached hydrogen (secondary N) is 2. The third-order valence-electron chi connectivity index (χ3n) is 2.04. The summed E-state index contributed by atoms with van der Waals surface area (Å²) in [7, 11) is 1.73. The van der Waals surface area contributed by atoms with Crippen LogP contribution in [0.25, 0.3) is 10.2 Å². The van der Waals surface area contributed by atoms with Gasteiger partial charge in [-0.3, -0.25) is 9.78 Å². The lowest BCUT2D eigenvalue weighted by atomic mass is 10.3. The number of thiophene rings is 1. The lowest BCUT2D eigenvalue weighted by Gasteiger charge is -1.96. The molecule has 0 saturated carbocycles. The number of fused-ring (bicyclic) bond motifs is 1. The summed E-state index contributed by atoms with van der Waals surface area (Å²) in [6.07, 6.45) is 0.940. The van der Waals surface area contributed by atoms with Gasteiger partial charge in [-0.05, 0) is 12.5 Å². The van der Waals surface area contributed by atoms with E-state index in [0.717, 1.165) is 11.3 Å². The van der Waals surface area contributed by atoms with E-state index in [0.29, 0.717) is 11.3 Å². The Morgan fingerprint density at radius 3 is 3.07 bits per heavy atom. The zero-order valence-electron chi connectivity index (χ0n) is 8.05. The molecule has 0 fully saturated rings. The van der Waals surface area contributed by atoms with Gasteiger partial charge < -0.3 is 5.32 Å². The standard InChI is InChI=1S/C9H11N3OS/c1-3-5-4-6-7(13)11-9(10-2)12-8(6)14-5/h4H,3H2,1-2H3,(H2,10,11,12,13). The number of aryl methyl sites for hydroxylation is 1. The lowest BCUT2D eigenvalue weighted by molar-refractivity contribution is 1.16. The van der Waals surface area contributed by atoms with Gasteiger partial charge in [-0.1, -0.05) is 6.92 Å².